The van der Waals surface area contributed by atoms with Crippen LogP contribution < -0.4 is 14.2 Å². The molecule has 3 aromatic rings. The lowest BCUT2D eigenvalue weighted by Gasteiger charge is -2.23. The predicted molar refractivity (Wildman–Crippen MR) is 119 cm³/mol. The van der Waals surface area contributed by atoms with E-state index in [0.29, 0.717) is 50.4 Å². The molecule has 162 valence electrons. The average Bonchev–Trinajstić information content (AvgIpc) is 2.80. The molecule has 4 rings (SSSR count). The van der Waals surface area contributed by atoms with Gasteiger partial charge in [-0.15, -0.1) is 0 Å². The first-order valence-corrected chi connectivity index (χ1v) is 10.7. The fourth-order valence-corrected chi connectivity index (χ4v) is 3.47. The lowest BCUT2D eigenvalue weighted by molar-refractivity contribution is 0.0762. The Balaban J connectivity index is 1.56. The van der Waals surface area contributed by atoms with Gasteiger partial charge in [0.1, 0.15) is 12.4 Å². The van der Waals surface area contributed by atoms with Crippen molar-refractivity contribution in [3.05, 3.63) is 78.0 Å². The second-order valence-corrected chi connectivity index (χ2v) is 7.26. The van der Waals surface area contributed by atoms with Crippen LogP contribution in [0.25, 0.3) is 0 Å². The normalized spacial score (nSPS) is 15.1. The molecule has 0 unspecified atom stereocenters. The molecule has 0 aliphatic carbocycles. The molecule has 1 aliphatic heterocycles. The standard InChI is InChI=1S/C25H28N2O4/c1-2-29-22-11-9-20(10-12-22)18-27-14-15-28-16-17-30-23-7-3-4-8-24(23)31-25-21(19-27)6-5-13-26-25/h3-13H,2,14-19H2,1H3. The molecule has 0 saturated carbocycles. The number of rotatable bonds is 4. The fraction of sp³-hybridized carbons (Fsp3) is 0.320. The number of hydrogen-bond acceptors (Lipinski definition) is 6. The smallest absolute Gasteiger partial charge is 0.223 e. The third-order valence-corrected chi connectivity index (χ3v) is 4.98. The van der Waals surface area contributed by atoms with E-state index in [1.54, 1.807) is 6.20 Å². The summed E-state index contributed by atoms with van der Waals surface area (Å²) in [6.07, 6.45) is 1.75. The van der Waals surface area contributed by atoms with Crippen molar-refractivity contribution in [2.45, 2.75) is 20.0 Å². The first-order chi connectivity index (χ1) is 15.3. The lowest BCUT2D eigenvalue weighted by atomic mass is 10.2. The summed E-state index contributed by atoms with van der Waals surface area (Å²) in [4.78, 5) is 6.83. The summed E-state index contributed by atoms with van der Waals surface area (Å²) in [5, 5.41) is 0. The molecular formula is C25H28N2O4. The van der Waals surface area contributed by atoms with Crippen molar-refractivity contribution < 1.29 is 18.9 Å². The molecule has 1 aliphatic rings. The van der Waals surface area contributed by atoms with Crippen LogP contribution in [0.15, 0.2) is 66.9 Å². The summed E-state index contributed by atoms with van der Waals surface area (Å²) in [5.41, 5.74) is 2.23. The van der Waals surface area contributed by atoms with Crippen LogP contribution in [0.4, 0.5) is 0 Å². The van der Waals surface area contributed by atoms with Crippen molar-refractivity contribution in [3.8, 4) is 23.1 Å². The van der Waals surface area contributed by atoms with Crippen LogP contribution in [-0.2, 0) is 17.8 Å². The van der Waals surface area contributed by atoms with Crippen molar-refractivity contribution in [2.24, 2.45) is 0 Å². The molecule has 2 heterocycles. The maximum absolute atomic E-state index is 6.18. The molecule has 0 spiro atoms. The summed E-state index contributed by atoms with van der Waals surface area (Å²) in [7, 11) is 0. The van der Waals surface area contributed by atoms with E-state index in [4.69, 9.17) is 18.9 Å². The Morgan fingerprint density at radius 2 is 1.77 bits per heavy atom. The topological polar surface area (TPSA) is 53.1 Å². The Bertz CT molecular complexity index is 962. The van der Waals surface area contributed by atoms with Gasteiger partial charge in [0.05, 0.1) is 19.8 Å². The van der Waals surface area contributed by atoms with Gasteiger partial charge in [-0.05, 0) is 42.8 Å². The third-order valence-electron chi connectivity index (χ3n) is 4.98. The molecular weight excluding hydrogens is 392 g/mol. The SMILES string of the molecule is CCOc1ccc(CN2CCOCCOc3ccccc3Oc3ncccc3C2)cc1. The lowest BCUT2D eigenvalue weighted by Crippen LogP contribution is -2.27. The Morgan fingerprint density at radius 3 is 2.61 bits per heavy atom. The van der Waals surface area contributed by atoms with E-state index in [2.05, 4.69) is 28.1 Å². The van der Waals surface area contributed by atoms with Gasteiger partial charge in [-0.3, -0.25) is 4.90 Å². The highest BCUT2D eigenvalue weighted by atomic mass is 16.5. The number of fused-ring (bicyclic) bond motifs is 2. The van der Waals surface area contributed by atoms with Gasteiger partial charge in [0.15, 0.2) is 11.5 Å². The number of pyridine rings is 1. The molecule has 31 heavy (non-hydrogen) atoms. The van der Waals surface area contributed by atoms with Gasteiger partial charge >= 0.3 is 0 Å². The molecule has 0 atom stereocenters. The quantitative estimate of drug-likeness (QED) is 0.611. The number of hydrogen-bond donors (Lipinski definition) is 0. The van der Waals surface area contributed by atoms with E-state index in [-0.39, 0.29) is 0 Å². The monoisotopic (exact) mass is 420 g/mol. The molecule has 1 aromatic heterocycles. The highest BCUT2D eigenvalue weighted by Gasteiger charge is 2.15. The Labute approximate surface area is 183 Å². The van der Waals surface area contributed by atoms with Crippen molar-refractivity contribution >= 4 is 0 Å². The highest BCUT2D eigenvalue weighted by molar-refractivity contribution is 5.43. The van der Waals surface area contributed by atoms with Crippen molar-refractivity contribution in [1.29, 1.82) is 0 Å². The first-order valence-electron chi connectivity index (χ1n) is 10.7. The minimum absolute atomic E-state index is 0.467. The fourth-order valence-electron chi connectivity index (χ4n) is 3.47. The van der Waals surface area contributed by atoms with Crippen LogP contribution in [-0.4, -0.2) is 42.9 Å². The second kappa shape index (κ2) is 10.8. The molecule has 0 fully saturated rings. The predicted octanol–water partition coefficient (Wildman–Crippen LogP) is 4.68. The zero-order valence-electron chi connectivity index (χ0n) is 17.8. The number of aromatic nitrogens is 1. The number of ether oxygens (including phenoxy) is 4. The molecule has 0 N–H and O–H groups in total. The van der Waals surface area contributed by atoms with E-state index in [9.17, 15) is 0 Å². The van der Waals surface area contributed by atoms with Crippen LogP contribution in [0, 0.1) is 0 Å². The largest absolute Gasteiger partial charge is 0.494 e. The summed E-state index contributed by atoms with van der Waals surface area (Å²) in [6, 6.07) is 19.9. The van der Waals surface area contributed by atoms with Crippen molar-refractivity contribution in [1.82, 2.24) is 9.88 Å². The van der Waals surface area contributed by atoms with Crippen molar-refractivity contribution in [3.63, 3.8) is 0 Å². The minimum Gasteiger partial charge on any atom is -0.494 e. The summed E-state index contributed by atoms with van der Waals surface area (Å²) >= 11 is 0. The van der Waals surface area contributed by atoms with Crippen molar-refractivity contribution in [2.75, 3.05) is 33.0 Å². The second-order valence-electron chi connectivity index (χ2n) is 7.26. The molecule has 2 aromatic carbocycles. The number of benzene rings is 2. The van der Waals surface area contributed by atoms with Gasteiger partial charge in [-0.25, -0.2) is 4.98 Å². The summed E-state index contributed by atoms with van der Waals surface area (Å²) in [6.45, 7) is 6.54. The molecule has 0 saturated heterocycles. The van der Waals surface area contributed by atoms with Gasteiger partial charge in [-0.2, -0.15) is 0 Å². The average molecular weight is 421 g/mol. The maximum Gasteiger partial charge on any atom is 0.223 e. The zero-order chi connectivity index (χ0) is 21.3. The van der Waals surface area contributed by atoms with Gasteiger partial charge in [0, 0.05) is 31.4 Å². The van der Waals surface area contributed by atoms with Crippen LogP contribution in [0.3, 0.4) is 0 Å². The van der Waals surface area contributed by atoms with Crippen LogP contribution in [0.1, 0.15) is 18.1 Å². The van der Waals surface area contributed by atoms with Gasteiger partial charge < -0.3 is 18.9 Å². The maximum atomic E-state index is 6.18. The van der Waals surface area contributed by atoms with E-state index in [1.165, 1.54) is 5.56 Å². The third kappa shape index (κ3) is 5.96. The highest BCUT2D eigenvalue weighted by Crippen LogP contribution is 2.32. The van der Waals surface area contributed by atoms with E-state index in [0.717, 1.165) is 24.4 Å². The molecule has 6 nitrogen and oxygen atoms in total. The van der Waals surface area contributed by atoms with E-state index >= 15 is 0 Å². The van der Waals surface area contributed by atoms with E-state index in [1.807, 2.05) is 49.4 Å². The van der Waals surface area contributed by atoms with Crippen LogP contribution >= 0.6 is 0 Å². The minimum atomic E-state index is 0.467. The van der Waals surface area contributed by atoms with E-state index < -0.39 is 0 Å². The van der Waals surface area contributed by atoms with Crippen LogP contribution in [0.5, 0.6) is 23.1 Å². The summed E-state index contributed by atoms with van der Waals surface area (Å²) in [5.74, 6) is 2.82. The van der Waals surface area contributed by atoms with Crippen LogP contribution in [0.2, 0.25) is 0 Å². The molecule has 0 amide bonds. The zero-order valence-corrected chi connectivity index (χ0v) is 17.8. The van der Waals surface area contributed by atoms with Gasteiger partial charge in [-0.1, -0.05) is 30.3 Å². The number of nitrogens with zero attached hydrogens (tertiary/aromatic N) is 2. The Kier molecular flexibility index (Phi) is 7.37. The molecule has 0 radical (unpaired) electrons. The Morgan fingerprint density at radius 1 is 0.935 bits per heavy atom. The van der Waals surface area contributed by atoms with Gasteiger partial charge in [0.25, 0.3) is 0 Å². The molecule has 0 bridgehead atoms. The first kappa shape index (κ1) is 21.2. The Hall–Kier alpha value is -3.09. The summed E-state index contributed by atoms with van der Waals surface area (Å²) < 4.78 is 23.4. The molecule has 6 heteroatoms. The number of para-hydroxylation sites is 2. The van der Waals surface area contributed by atoms with Gasteiger partial charge in [0.2, 0.25) is 5.88 Å².